The number of nitrogens with zero attached hydrogens (tertiary/aromatic N) is 3. The monoisotopic (exact) mass is 336 g/mol. The minimum absolute atomic E-state index is 0.167. The Hall–Kier alpha value is -2.76. The van der Waals surface area contributed by atoms with E-state index in [1.54, 1.807) is 24.3 Å². The second-order valence-electron chi connectivity index (χ2n) is 6.60. The molecule has 0 aliphatic heterocycles. The normalized spacial score (nSPS) is 22.8. The molecule has 1 N–H and O–H groups in total. The van der Waals surface area contributed by atoms with E-state index >= 15 is 0 Å². The maximum absolute atomic E-state index is 12.7. The van der Waals surface area contributed by atoms with Gasteiger partial charge in [-0.1, -0.05) is 37.3 Å². The SMILES string of the molecule is CCCn1nc(C(=O)N/N=C2/C[C@H]3C=CC[C@H]23)c2ccccc2c1=O. The van der Waals surface area contributed by atoms with Crippen LogP contribution in [0.4, 0.5) is 0 Å². The van der Waals surface area contributed by atoms with Gasteiger partial charge in [-0.2, -0.15) is 10.2 Å². The van der Waals surface area contributed by atoms with Crippen molar-refractivity contribution < 1.29 is 4.79 Å². The first-order valence-corrected chi connectivity index (χ1v) is 8.72. The molecule has 2 aliphatic rings. The Kier molecular flexibility index (Phi) is 3.95. The molecule has 0 radical (unpaired) electrons. The zero-order valence-electron chi connectivity index (χ0n) is 14.1. The number of nitrogens with one attached hydrogen (secondary N) is 1. The van der Waals surface area contributed by atoms with Crippen LogP contribution in [-0.4, -0.2) is 21.4 Å². The van der Waals surface area contributed by atoms with Crippen LogP contribution in [0, 0.1) is 11.8 Å². The molecular formula is C19H20N4O2. The third kappa shape index (κ3) is 2.67. The van der Waals surface area contributed by atoms with E-state index in [9.17, 15) is 9.59 Å². The topological polar surface area (TPSA) is 76.3 Å². The Morgan fingerprint density at radius 1 is 1.36 bits per heavy atom. The first-order valence-electron chi connectivity index (χ1n) is 8.72. The minimum atomic E-state index is -0.372. The van der Waals surface area contributed by atoms with E-state index < -0.39 is 0 Å². The van der Waals surface area contributed by atoms with E-state index in [0.29, 0.717) is 29.2 Å². The summed E-state index contributed by atoms with van der Waals surface area (Å²) in [5.41, 5.74) is 3.75. The van der Waals surface area contributed by atoms with E-state index in [0.717, 1.165) is 25.0 Å². The summed E-state index contributed by atoms with van der Waals surface area (Å²) in [5.74, 6) is 0.656. The number of rotatable bonds is 4. The minimum Gasteiger partial charge on any atom is -0.267 e. The molecule has 1 aromatic heterocycles. The van der Waals surface area contributed by atoms with Gasteiger partial charge in [0.05, 0.1) is 5.39 Å². The first-order chi connectivity index (χ1) is 12.2. The quantitative estimate of drug-likeness (QED) is 0.688. The van der Waals surface area contributed by atoms with Crippen molar-refractivity contribution in [1.29, 1.82) is 0 Å². The summed E-state index contributed by atoms with van der Waals surface area (Å²) in [5, 5.41) is 9.66. The second-order valence-corrected chi connectivity index (χ2v) is 6.60. The van der Waals surface area contributed by atoms with E-state index in [4.69, 9.17) is 0 Å². The van der Waals surface area contributed by atoms with Gasteiger partial charge in [-0.15, -0.1) is 0 Å². The highest BCUT2D eigenvalue weighted by Gasteiger charge is 2.38. The lowest BCUT2D eigenvalue weighted by Gasteiger charge is -2.31. The number of hydrogen-bond donors (Lipinski definition) is 1. The van der Waals surface area contributed by atoms with Crippen LogP contribution in [0.25, 0.3) is 10.8 Å². The summed E-state index contributed by atoms with van der Waals surface area (Å²) in [4.78, 5) is 25.1. The summed E-state index contributed by atoms with van der Waals surface area (Å²) in [6, 6.07) is 7.08. The van der Waals surface area contributed by atoms with Crippen LogP contribution in [0.3, 0.4) is 0 Å². The number of hydrogen-bond acceptors (Lipinski definition) is 4. The van der Waals surface area contributed by atoms with E-state index in [-0.39, 0.29) is 17.2 Å². The van der Waals surface area contributed by atoms with Crippen molar-refractivity contribution in [2.45, 2.75) is 32.7 Å². The predicted octanol–water partition coefficient (Wildman–Crippen LogP) is 2.49. The van der Waals surface area contributed by atoms with Crippen LogP contribution in [0.2, 0.25) is 0 Å². The Balaban J connectivity index is 1.66. The summed E-state index contributed by atoms with van der Waals surface area (Å²) >= 11 is 0. The lowest BCUT2D eigenvalue weighted by molar-refractivity contribution is 0.0948. The second kappa shape index (κ2) is 6.27. The van der Waals surface area contributed by atoms with Crippen LogP contribution in [0.1, 0.15) is 36.7 Å². The number of aryl methyl sites for hydroxylation is 1. The van der Waals surface area contributed by atoms with Crippen LogP contribution in [-0.2, 0) is 6.54 Å². The first kappa shape index (κ1) is 15.7. The van der Waals surface area contributed by atoms with Crippen molar-refractivity contribution in [2.24, 2.45) is 16.9 Å². The Bertz CT molecular complexity index is 958. The third-order valence-corrected chi connectivity index (χ3v) is 4.98. The van der Waals surface area contributed by atoms with E-state index in [1.165, 1.54) is 4.68 Å². The van der Waals surface area contributed by atoms with Gasteiger partial charge < -0.3 is 0 Å². The molecule has 0 unspecified atom stereocenters. The molecule has 128 valence electrons. The van der Waals surface area contributed by atoms with E-state index in [2.05, 4.69) is 27.8 Å². The van der Waals surface area contributed by atoms with Crippen LogP contribution in [0.15, 0.2) is 46.3 Å². The van der Waals surface area contributed by atoms with Crippen LogP contribution >= 0.6 is 0 Å². The van der Waals surface area contributed by atoms with Gasteiger partial charge in [-0.3, -0.25) is 9.59 Å². The highest BCUT2D eigenvalue weighted by atomic mass is 16.2. The van der Waals surface area contributed by atoms with Crippen LogP contribution < -0.4 is 11.0 Å². The van der Waals surface area contributed by atoms with Crippen molar-refractivity contribution in [2.75, 3.05) is 0 Å². The van der Waals surface area contributed by atoms with Gasteiger partial charge in [-0.05, 0) is 31.2 Å². The number of benzene rings is 1. The largest absolute Gasteiger partial charge is 0.292 e. The highest BCUT2D eigenvalue weighted by molar-refractivity contribution is 6.05. The lowest BCUT2D eigenvalue weighted by atomic mass is 9.74. The van der Waals surface area contributed by atoms with Gasteiger partial charge in [0, 0.05) is 23.6 Å². The average Bonchev–Trinajstić information content (AvgIpc) is 2.98. The number of aromatic nitrogens is 2. The number of fused-ring (bicyclic) bond motifs is 2. The summed E-state index contributed by atoms with van der Waals surface area (Å²) in [7, 11) is 0. The summed E-state index contributed by atoms with van der Waals surface area (Å²) in [6.45, 7) is 2.45. The fourth-order valence-corrected chi connectivity index (χ4v) is 3.61. The lowest BCUT2D eigenvalue weighted by Crippen LogP contribution is -2.36. The predicted molar refractivity (Wildman–Crippen MR) is 96.5 cm³/mol. The Morgan fingerprint density at radius 2 is 2.16 bits per heavy atom. The number of hydrazone groups is 1. The van der Waals surface area contributed by atoms with Crippen LogP contribution in [0.5, 0.6) is 0 Å². The van der Waals surface area contributed by atoms with Crippen molar-refractivity contribution in [1.82, 2.24) is 15.2 Å². The molecule has 2 aliphatic carbocycles. The fourth-order valence-electron chi connectivity index (χ4n) is 3.61. The fraction of sp³-hybridized carbons (Fsp3) is 0.368. The third-order valence-electron chi connectivity index (χ3n) is 4.98. The molecule has 1 heterocycles. The molecule has 1 fully saturated rings. The molecule has 1 saturated carbocycles. The number of amides is 1. The Morgan fingerprint density at radius 3 is 2.92 bits per heavy atom. The zero-order valence-corrected chi connectivity index (χ0v) is 14.1. The number of carbonyl (C=O) groups is 1. The number of carbonyl (C=O) groups excluding carboxylic acids is 1. The van der Waals surface area contributed by atoms with Gasteiger partial charge in [0.25, 0.3) is 11.5 Å². The average molecular weight is 336 g/mol. The molecule has 0 spiro atoms. The molecule has 25 heavy (non-hydrogen) atoms. The van der Waals surface area contributed by atoms with Crippen molar-refractivity contribution in [3.05, 3.63) is 52.5 Å². The van der Waals surface area contributed by atoms with Crippen molar-refractivity contribution in [3.63, 3.8) is 0 Å². The maximum Gasteiger partial charge on any atom is 0.292 e. The smallest absolute Gasteiger partial charge is 0.267 e. The molecular weight excluding hydrogens is 316 g/mol. The van der Waals surface area contributed by atoms with E-state index in [1.807, 2.05) is 6.92 Å². The highest BCUT2D eigenvalue weighted by Crippen LogP contribution is 2.40. The van der Waals surface area contributed by atoms with Gasteiger partial charge in [0.15, 0.2) is 5.69 Å². The maximum atomic E-state index is 12.7. The van der Waals surface area contributed by atoms with Gasteiger partial charge in [-0.25, -0.2) is 10.1 Å². The van der Waals surface area contributed by atoms with Gasteiger partial charge in [0.1, 0.15) is 0 Å². The molecule has 0 saturated heterocycles. The van der Waals surface area contributed by atoms with Crippen molar-refractivity contribution >= 4 is 22.4 Å². The summed E-state index contributed by atoms with van der Waals surface area (Å²) < 4.78 is 1.37. The molecule has 2 atom stereocenters. The standard InChI is InChI=1S/C19H20N4O2/c1-2-10-23-19(25)15-8-4-3-7-14(15)17(22-23)18(24)21-20-16-11-12-6-5-9-13(12)16/h3-8,12-13H,2,9-11H2,1H3,(H,21,24)/b20-16-/t12-,13+/m1/s1. The molecule has 1 amide bonds. The van der Waals surface area contributed by atoms with Crippen molar-refractivity contribution in [3.8, 4) is 0 Å². The Labute approximate surface area is 145 Å². The molecule has 1 aromatic carbocycles. The molecule has 6 nitrogen and oxygen atoms in total. The zero-order chi connectivity index (χ0) is 17.4. The number of allylic oxidation sites excluding steroid dienone is 2. The molecule has 6 heteroatoms. The molecule has 0 bridgehead atoms. The molecule has 4 rings (SSSR count). The molecule has 2 aromatic rings. The van der Waals surface area contributed by atoms with Gasteiger partial charge >= 0.3 is 0 Å². The van der Waals surface area contributed by atoms with Gasteiger partial charge in [0.2, 0.25) is 0 Å². The summed E-state index contributed by atoms with van der Waals surface area (Å²) in [6.07, 6.45) is 7.08.